The van der Waals surface area contributed by atoms with Crippen LogP contribution >= 0.6 is 0 Å². The second-order valence-electron chi connectivity index (χ2n) is 4.26. The number of carbonyl (C=O) groups is 1. The molecule has 0 spiro atoms. The normalized spacial score (nSPS) is 27.8. The molecular formula is C11H12N2O3. The first-order valence-corrected chi connectivity index (χ1v) is 5.32. The third-order valence-electron chi connectivity index (χ3n) is 3.03. The molecule has 2 aliphatic heterocycles. The fourth-order valence-electron chi connectivity index (χ4n) is 2.30. The van der Waals surface area contributed by atoms with Gasteiger partial charge in [0.1, 0.15) is 5.69 Å². The molecule has 16 heavy (non-hydrogen) atoms. The quantitative estimate of drug-likeness (QED) is 0.620. The minimum Gasteiger partial charge on any atom is -0.352 e. The van der Waals surface area contributed by atoms with Crippen molar-refractivity contribution in [2.24, 2.45) is 0 Å². The van der Waals surface area contributed by atoms with Crippen LogP contribution in [0.1, 0.15) is 17.4 Å². The average molecular weight is 220 g/mol. The second kappa shape index (κ2) is 3.18. The molecule has 0 N–H and O–H groups in total. The molecule has 5 heteroatoms. The van der Waals surface area contributed by atoms with Crippen LogP contribution in [0.2, 0.25) is 0 Å². The number of rotatable bonds is 0. The monoisotopic (exact) mass is 220 g/mol. The Morgan fingerprint density at radius 3 is 3.00 bits per heavy atom. The van der Waals surface area contributed by atoms with Crippen molar-refractivity contribution in [3.8, 4) is 0 Å². The van der Waals surface area contributed by atoms with Crippen LogP contribution in [0.5, 0.6) is 0 Å². The number of ether oxygens (including phenoxy) is 1. The number of aromatic nitrogens is 1. The standard InChI is InChI=1S/C11H12N2O3/c1-7-5-13-10(16-7)6-12-3-2-8(14)4-9(12)11(13)15/h2-4,7,10H,5-6H2,1H3. The number of fused-ring (bicyclic) bond motifs is 2. The molecular weight excluding hydrogens is 208 g/mol. The van der Waals surface area contributed by atoms with Crippen LogP contribution < -0.4 is 5.43 Å². The third kappa shape index (κ3) is 1.28. The Balaban J connectivity index is 2.07. The zero-order chi connectivity index (χ0) is 11.3. The van der Waals surface area contributed by atoms with Gasteiger partial charge >= 0.3 is 0 Å². The molecule has 1 amide bonds. The first-order chi connectivity index (χ1) is 7.65. The highest BCUT2D eigenvalue weighted by Gasteiger charge is 2.39. The first kappa shape index (κ1) is 9.59. The lowest BCUT2D eigenvalue weighted by Crippen LogP contribution is -2.45. The zero-order valence-corrected chi connectivity index (χ0v) is 8.92. The summed E-state index contributed by atoms with van der Waals surface area (Å²) in [5.74, 6) is -0.113. The van der Waals surface area contributed by atoms with E-state index in [9.17, 15) is 9.59 Å². The molecule has 0 bridgehead atoms. The highest BCUT2D eigenvalue weighted by molar-refractivity contribution is 5.93. The minimum atomic E-state index is -0.183. The van der Waals surface area contributed by atoms with Crippen molar-refractivity contribution in [3.63, 3.8) is 0 Å². The maximum atomic E-state index is 12.1. The third-order valence-corrected chi connectivity index (χ3v) is 3.03. The van der Waals surface area contributed by atoms with Gasteiger partial charge in [0.2, 0.25) is 0 Å². The summed E-state index contributed by atoms with van der Waals surface area (Å²) in [6.07, 6.45) is 1.53. The lowest BCUT2D eigenvalue weighted by molar-refractivity contribution is -0.00965. The van der Waals surface area contributed by atoms with Crippen LogP contribution in [0.25, 0.3) is 0 Å². The van der Waals surface area contributed by atoms with Crippen LogP contribution in [0.3, 0.4) is 0 Å². The van der Waals surface area contributed by atoms with Gasteiger partial charge in [0.05, 0.1) is 12.6 Å². The lowest BCUT2D eigenvalue weighted by Gasteiger charge is -2.30. The Bertz CT molecular complexity index is 508. The Morgan fingerprint density at radius 2 is 2.19 bits per heavy atom. The molecule has 0 radical (unpaired) electrons. The summed E-state index contributed by atoms with van der Waals surface area (Å²) >= 11 is 0. The van der Waals surface area contributed by atoms with Gasteiger partial charge in [0, 0.05) is 24.9 Å². The predicted molar refractivity (Wildman–Crippen MR) is 56.1 cm³/mol. The maximum Gasteiger partial charge on any atom is 0.272 e. The van der Waals surface area contributed by atoms with E-state index in [0.717, 1.165) is 0 Å². The van der Waals surface area contributed by atoms with Gasteiger partial charge in [0.15, 0.2) is 11.7 Å². The molecule has 0 aliphatic carbocycles. The van der Waals surface area contributed by atoms with E-state index in [2.05, 4.69) is 0 Å². The molecule has 1 fully saturated rings. The maximum absolute atomic E-state index is 12.1. The molecule has 1 saturated heterocycles. The first-order valence-electron chi connectivity index (χ1n) is 5.32. The molecule has 3 rings (SSSR count). The van der Waals surface area contributed by atoms with E-state index in [1.807, 2.05) is 6.92 Å². The second-order valence-corrected chi connectivity index (χ2v) is 4.26. The van der Waals surface area contributed by atoms with Crippen LogP contribution in [0, 0.1) is 0 Å². The van der Waals surface area contributed by atoms with E-state index >= 15 is 0 Å². The number of hydrogen-bond donors (Lipinski definition) is 0. The summed E-state index contributed by atoms with van der Waals surface area (Å²) in [5.41, 5.74) is 0.327. The van der Waals surface area contributed by atoms with Gasteiger partial charge in [-0.25, -0.2) is 0 Å². The van der Waals surface area contributed by atoms with Crippen LogP contribution in [-0.2, 0) is 11.3 Å². The number of amides is 1. The SMILES string of the molecule is CC1CN2C(=O)c3cc(=O)ccn3CC2O1. The summed E-state index contributed by atoms with van der Waals surface area (Å²) in [6.45, 7) is 3.15. The molecule has 5 nitrogen and oxygen atoms in total. The Hall–Kier alpha value is -1.62. The fraction of sp³-hybridized carbons (Fsp3) is 0.455. The number of carbonyl (C=O) groups excluding carboxylic acids is 1. The molecule has 1 aromatic heterocycles. The predicted octanol–water partition coefficient (Wildman–Crippen LogP) is 0.0489. The number of nitrogens with zero attached hydrogens (tertiary/aromatic N) is 2. The van der Waals surface area contributed by atoms with E-state index in [-0.39, 0.29) is 23.7 Å². The van der Waals surface area contributed by atoms with Crippen LogP contribution in [-0.4, -0.2) is 34.3 Å². The lowest BCUT2D eigenvalue weighted by atomic mass is 10.2. The highest BCUT2D eigenvalue weighted by Crippen LogP contribution is 2.24. The van der Waals surface area contributed by atoms with E-state index in [1.165, 1.54) is 12.1 Å². The number of pyridine rings is 1. The van der Waals surface area contributed by atoms with Gasteiger partial charge in [-0.05, 0) is 6.92 Å². The largest absolute Gasteiger partial charge is 0.352 e. The Morgan fingerprint density at radius 1 is 1.38 bits per heavy atom. The number of hydrogen-bond acceptors (Lipinski definition) is 3. The van der Waals surface area contributed by atoms with Crippen molar-refractivity contribution >= 4 is 5.91 Å². The van der Waals surface area contributed by atoms with Crippen molar-refractivity contribution in [2.45, 2.75) is 25.8 Å². The van der Waals surface area contributed by atoms with Gasteiger partial charge in [-0.1, -0.05) is 0 Å². The average Bonchev–Trinajstić information content (AvgIpc) is 2.61. The van der Waals surface area contributed by atoms with Gasteiger partial charge in [-0.2, -0.15) is 0 Å². The molecule has 84 valence electrons. The van der Waals surface area contributed by atoms with Gasteiger partial charge in [-0.3, -0.25) is 9.59 Å². The summed E-state index contributed by atoms with van der Waals surface area (Å²) < 4.78 is 7.41. The molecule has 2 aliphatic rings. The van der Waals surface area contributed by atoms with Gasteiger partial charge < -0.3 is 14.2 Å². The molecule has 2 unspecified atom stereocenters. The highest BCUT2D eigenvalue weighted by atomic mass is 16.5. The van der Waals surface area contributed by atoms with Crippen molar-refractivity contribution in [2.75, 3.05) is 6.54 Å². The van der Waals surface area contributed by atoms with Crippen LogP contribution in [0.15, 0.2) is 23.1 Å². The molecule has 0 aromatic carbocycles. The van der Waals surface area contributed by atoms with E-state index in [0.29, 0.717) is 18.8 Å². The smallest absolute Gasteiger partial charge is 0.272 e. The van der Waals surface area contributed by atoms with Crippen LogP contribution in [0.4, 0.5) is 0 Å². The summed E-state index contributed by atoms with van der Waals surface area (Å²) in [6, 6.07) is 2.85. The van der Waals surface area contributed by atoms with E-state index in [1.54, 1.807) is 15.7 Å². The molecule has 0 saturated carbocycles. The van der Waals surface area contributed by atoms with Crippen molar-refractivity contribution in [1.29, 1.82) is 0 Å². The van der Waals surface area contributed by atoms with Crippen molar-refractivity contribution in [1.82, 2.24) is 9.47 Å². The molecule has 3 heterocycles. The fourth-order valence-corrected chi connectivity index (χ4v) is 2.30. The molecule has 1 aromatic rings. The van der Waals surface area contributed by atoms with Gasteiger partial charge in [0.25, 0.3) is 5.91 Å². The topological polar surface area (TPSA) is 51.5 Å². The minimum absolute atomic E-state index is 0.0654. The Kier molecular flexibility index (Phi) is 1.91. The molecule has 2 atom stereocenters. The summed E-state index contributed by atoms with van der Waals surface area (Å²) in [5, 5.41) is 0. The Labute approximate surface area is 92.2 Å². The van der Waals surface area contributed by atoms with E-state index < -0.39 is 0 Å². The van der Waals surface area contributed by atoms with E-state index in [4.69, 9.17) is 4.74 Å². The summed E-state index contributed by atoms with van der Waals surface area (Å²) in [7, 11) is 0. The zero-order valence-electron chi connectivity index (χ0n) is 8.92. The van der Waals surface area contributed by atoms with Gasteiger partial charge in [-0.15, -0.1) is 0 Å². The summed E-state index contributed by atoms with van der Waals surface area (Å²) in [4.78, 5) is 25.0. The van der Waals surface area contributed by atoms with Crippen molar-refractivity contribution < 1.29 is 9.53 Å². The van der Waals surface area contributed by atoms with Crippen molar-refractivity contribution in [3.05, 3.63) is 34.2 Å².